The molecule has 0 aliphatic carbocycles. The second kappa shape index (κ2) is 5.09. The van der Waals surface area contributed by atoms with Crippen molar-refractivity contribution in [3.8, 4) is 0 Å². The van der Waals surface area contributed by atoms with Gasteiger partial charge in [-0.05, 0) is 48.7 Å². The molecule has 1 nitrogen and oxygen atoms in total. The Kier molecular flexibility index (Phi) is 3.69. The first kappa shape index (κ1) is 13.1. The number of aliphatic hydroxyl groups is 1. The third kappa shape index (κ3) is 2.55. The fraction of sp³-hybridized carbons (Fsp3) is 0.200. The Morgan fingerprint density at radius 2 is 1.78 bits per heavy atom. The van der Waals surface area contributed by atoms with Gasteiger partial charge in [-0.15, -0.1) is 0 Å². The van der Waals surface area contributed by atoms with Crippen LogP contribution in [0.2, 0.25) is 5.02 Å². The van der Waals surface area contributed by atoms with Crippen molar-refractivity contribution in [1.29, 1.82) is 0 Å². The van der Waals surface area contributed by atoms with Crippen LogP contribution < -0.4 is 0 Å². The van der Waals surface area contributed by atoms with E-state index in [2.05, 4.69) is 0 Å². The van der Waals surface area contributed by atoms with Crippen LogP contribution in [-0.2, 0) is 0 Å². The van der Waals surface area contributed by atoms with Crippen LogP contribution in [0.4, 0.5) is 4.39 Å². The zero-order chi connectivity index (χ0) is 13.3. The third-order valence-electron chi connectivity index (χ3n) is 3.10. The van der Waals surface area contributed by atoms with Crippen molar-refractivity contribution >= 4 is 11.6 Å². The average Bonchev–Trinajstić information content (AvgIpc) is 2.35. The van der Waals surface area contributed by atoms with Crippen LogP contribution >= 0.6 is 11.6 Å². The van der Waals surface area contributed by atoms with Crippen LogP contribution in [0.3, 0.4) is 0 Å². The normalized spacial score (nSPS) is 12.5. The van der Waals surface area contributed by atoms with Crippen molar-refractivity contribution < 1.29 is 9.50 Å². The summed E-state index contributed by atoms with van der Waals surface area (Å²) in [7, 11) is 0. The second-order valence-electron chi connectivity index (χ2n) is 4.41. The predicted octanol–water partition coefficient (Wildman–Crippen LogP) is 4.18. The lowest BCUT2D eigenvalue weighted by Crippen LogP contribution is -2.03. The van der Waals surface area contributed by atoms with Crippen molar-refractivity contribution in [2.75, 3.05) is 0 Å². The number of halogens is 2. The summed E-state index contributed by atoms with van der Waals surface area (Å²) in [6, 6.07) is 9.76. The highest BCUT2D eigenvalue weighted by atomic mass is 35.5. The summed E-state index contributed by atoms with van der Waals surface area (Å²) in [6.45, 7) is 3.95. The minimum atomic E-state index is -0.997. The van der Waals surface area contributed by atoms with Crippen LogP contribution in [0.5, 0.6) is 0 Å². The minimum absolute atomic E-state index is 0.200. The zero-order valence-corrected chi connectivity index (χ0v) is 11.0. The SMILES string of the molecule is Cc1ccc(C(O)c2cc(Cl)ccc2F)cc1C. The molecule has 0 spiro atoms. The highest BCUT2D eigenvalue weighted by Crippen LogP contribution is 2.27. The van der Waals surface area contributed by atoms with Gasteiger partial charge in [0.05, 0.1) is 0 Å². The zero-order valence-electron chi connectivity index (χ0n) is 10.2. The van der Waals surface area contributed by atoms with Gasteiger partial charge in [0.2, 0.25) is 0 Å². The second-order valence-corrected chi connectivity index (χ2v) is 4.85. The summed E-state index contributed by atoms with van der Waals surface area (Å²) in [5.41, 5.74) is 3.07. The van der Waals surface area contributed by atoms with Crippen molar-refractivity contribution in [2.45, 2.75) is 20.0 Å². The molecule has 1 N–H and O–H groups in total. The molecule has 2 rings (SSSR count). The van der Waals surface area contributed by atoms with Crippen molar-refractivity contribution in [3.05, 3.63) is 69.5 Å². The van der Waals surface area contributed by atoms with Crippen LogP contribution in [0.1, 0.15) is 28.4 Å². The van der Waals surface area contributed by atoms with E-state index in [1.807, 2.05) is 26.0 Å². The van der Waals surface area contributed by atoms with E-state index in [1.54, 1.807) is 6.07 Å². The quantitative estimate of drug-likeness (QED) is 0.863. The first-order valence-electron chi connectivity index (χ1n) is 5.69. The van der Waals surface area contributed by atoms with Crippen LogP contribution in [0, 0.1) is 19.7 Å². The fourth-order valence-corrected chi connectivity index (χ4v) is 2.02. The van der Waals surface area contributed by atoms with Gasteiger partial charge < -0.3 is 5.11 Å². The Labute approximate surface area is 111 Å². The van der Waals surface area contributed by atoms with Crippen molar-refractivity contribution in [3.63, 3.8) is 0 Å². The molecule has 3 heteroatoms. The molecule has 0 saturated carbocycles. The number of benzene rings is 2. The monoisotopic (exact) mass is 264 g/mol. The van der Waals surface area contributed by atoms with E-state index in [4.69, 9.17) is 11.6 Å². The lowest BCUT2D eigenvalue weighted by molar-refractivity contribution is 0.215. The van der Waals surface area contributed by atoms with Gasteiger partial charge in [0.1, 0.15) is 11.9 Å². The summed E-state index contributed by atoms with van der Waals surface area (Å²) >= 11 is 5.83. The van der Waals surface area contributed by atoms with E-state index in [0.29, 0.717) is 10.6 Å². The van der Waals surface area contributed by atoms with E-state index in [-0.39, 0.29) is 5.56 Å². The maximum atomic E-state index is 13.7. The van der Waals surface area contributed by atoms with Crippen molar-refractivity contribution in [1.82, 2.24) is 0 Å². The summed E-state index contributed by atoms with van der Waals surface area (Å²) in [5, 5.41) is 10.6. The van der Waals surface area contributed by atoms with Crippen LogP contribution in [0.25, 0.3) is 0 Å². The molecule has 0 saturated heterocycles. The average molecular weight is 265 g/mol. The summed E-state index contributed by atoms with van der Waals surface area (Å²) in [4.78, 5) is 0. The number of hydrogen-bond acceptors (Lipinski definition) is 1. The molecule has 0 aliphatic heterocycles. The molecule has 0 bridgehead atoms. The largest absolute Gasteiger partial charge is 0.384 e. The van der Waals surface area contributed by atoms with E-state index in [1.165, 1.54) is 18.2 Å². The Morgan fingerprint density at radius 3 is 2.44 bits per heavy atom. The molecular weight excluding hydrogens is 251 g/mol. The first-order chi connectivity index (χ1) is 8.49. The predicted molar refractivity (Wildman–Crippen MR) is 71.4 cm³/mol. The van der Waals surface area contributed by atoms with Gasteiger partial charge in [0.15, 0.2) is 0 Å². The van der Waals surface area contributed by atoms with Gasteiger partial charge in [-0.2, -0.15) is 0 Å². The summed E-state index contributed by atoms with van der Waals surface area (Å²) < 4.78 is 13.7. The first-order valence-corrected chi connectivity index (χ1v) is 6.07. The Balaban J connectivity index is 2.44. The number of hydrogen-bond donors (Lipinski definition) is 1. The summed E-state index contributed by atoms with van der Waals surface area (Å²) in [5.74, 6) is -0.454. The molecule has 0 aliphatic rings. The van der Waals surface area contributed by atoms with Gasteiger partial charge >= 0.3 is 0 Å². The molecule has 1 atom stereocenters. The van der Waals surface area contributed by atoms with Gasteiger partial charge in [-0.25, -0.2) is 4.39 Å². The highest BCUT2D eigenvalue weighted by Gasteiger charge is 2.15. The molecule has 1 unspecified atom stereocenters. The fourth-order valence-electron chi connectivity index (χ4n) is 1.84. The number of aliphatic hydroxyl groups excluding tert-OH is 1. The van der Waals surface area contributed by atoms with Crippen LogP contribution in [0.15, 0.2) is 36.4 Å². The summed E-state index contributed by atoms with van der Waals surface area (Å²) in [6.07, 6.45) is -0.997. The molecule has 18 heavy (non-hydrogen) atoms. The maximum absolute atomic E-state index is 13.7. The molecule has 0 aromatic heterocycles. The van der Waals surface area contributed by atoms with E-state index >= 15 is 0 Å². The molecule has 94 valence electrons. The standard InChI is InChI=1S/C15H14ClFO/c1-9-3-4-11(7-10(9)2)15(18)13-8-12(16)5-6-14(13)17/h3-8,15,18H,1-2H3. The van der Waals surface area contributed by atoms with E-state index in [9.17, 15) is 9.50 Å². The smallest absolute Gasteiger partial charge is 0.129 e. The molecule has 2 aromatic carbocycles. The van der Waals surface area contributed by atoms with Crippen LogP contribution in [-0.4, -0.2) is 5.11 Å². The maximum Gasteiger partial charge on any atom is 0.129 e. The van der Waals surface area contributed by atoms with Gasteiger partial charge in [0.25, 0.3) is 0 Å². The topological polar surface area (TPSA) is 20.2 Å². The molecule has 2 aromatic rings. The Bertz CT molecular complexity index is 581. The lowest BCUT2D eigenvalue weighted by atomic mass is 9.97. The van der Waals surface area contributed by atoms with E-state index in [0.717, 1.165) is 11.1 Å². The third-order valence-corrected chi connectivity index (χ3v) is 3.33. The van der Waals surface area contributed by atoms with Gasteiger partial charge in [-0.1, -0.05) is 29.8 Å². The molecule has 0 amide bonds. The molecule has 0 fully saturated rings. The van der Waals surface area contributed by atoms with Crippen molar-refractivity contribution in [2.24, 2.45) is 0 Å². The number of rotatable bonds is 2. The highest BCUT2D eigenvalue weighted by molar-refractivity contribution is 6.30. The minimum Gasteiger partial charge on any atom is -0.384 e. The van der Waals surface area contributed by atoms with Gasteiger partial charge in [-0.3, -0.25) is 0 Å². The molecule has 0 heterocycles. The molecule has 0 radical (unpaired) electrons. The lowest BCUT2D eigenvalue weighted by Gasteiger charge is -2.14. The van der Waals surface area contributed by atoms with Gasteiger partial charge in [0, 0.05) is 10.6 Å². The Morgan fingerprint density at radius 1 is 1.06 bits per heavy atom. The number of aryl methyl sites for hydroxylation is 2. The van der Waals surface area contributed by atoms with E-state index < -0.39 is 11.9 Å². The Hall–Kier alpha value is -1.38. The molecular formula is C15H14ClFO.